The zero-order valence-corrected chi connectivity index (χ0v) is 20.3. The molecule has 2 heterocycles. The van der Waals surface area contributed by atoms with E-state index in [0.717, 1.165) is 34.4 Å². The Morgan fingerprint density at radius 2 is 1.84 bits per heavy atom. The van der Waals surface area contributed by atoms with Gasteiger partial charge in [0, 0.05) is 29.3 Å². The van der Waals surface area contributed by atoms with E-state index in [4.69, 9.17) is 0 Å². The van der Waals surface area contributed by atoms with Crippen LogP contribution >= 0.6 is 27.7 Å². The lowest BCUT2D eigenvalue weighted by Crippen LogP contribution is -2.31. The second-order valence-corrected chi connectivity index (χ2v) is 9.62. The predicted molar refractivity (Wildman–Crippen MR) is 129 cm³/mol. The maximum absolute atomic E-state index is 13.1. The van der Waals surface area contributed by atoms with Crippen LogP contribution in [0.2, 0.25) is 0 Å². The summed E-state index contributed by atoms with van der Waals surface area (Å²) in [5.41, 5.74) is 2.55. The number of anilines is 1. The van der Waals surface area contributed by atoms with Gasteiger partial charge >= 0.3 is 0 Å². The summed E-state index contributed by atoms with van der Waals surface area (Å²) >= 11 is 4.71. The van der Waals surface area contributed by atoms with Gasteiger partial charge in [-0.25, -0.2) is 0 Å². The van der Waals surface area contributed by atoms with E-state index >= 15 is 0 Å². The zero-order valence-electron chi connectivity index (χ0n) is 17.9. The van der Waals surface area contributed by atoms with E-state index in [9.17, 15) is 9.59 Å². The normalized spacial score (nSPS) is 15.7. The number of carbonyl (C=O) groups is 2. The number of nitrogens with one attached hydrogen (secondary N) is 1. The molecule has 0 radical (unpaired) electrons. The summed E-state index contributed by atoms with van der Waals surface area (Å²) in [6.45, 7) is 2.70. The van der Waals surface area contributed by atoms with Crippen molar-refractivity contribution in [3.63, 3.8) is 0 Å². The number of likely N-dealkylation sites (tertiary alicyclic amines) is 1. The van der Waals surface area contributed by atoms with Gasteiger partial charge in [0.1, 0.15) is 0 Å². The van der Waals surface area contributed by atoms with E-state index in [2.05, 4.69) is 31.4 Å². The van der Waals surface area contributed by atoms with Crippen molar-refractivity contribution in [1.82, 2.24) is 19.7 Å². The summed E-state index contributed by atoms with van der Waals surface area (Å²) < 4.78 is 2.85. The molecule has 1 unspecified atom stereocenters. The van der Waals surface area contributed by atoms with E-state index in [0.29, 0.717) is 17.3 Å². The van der Waals surface area contributed by atoms with E-state index in [1.807, 2.05) is 72.0 Å². The van der Waals surface area contributed by atoms with Crippen LogP contribution in [-0.4, -0.2) is 43.8 Å². The summed E-state index contributed by atoms with van der Waals surface area (Å²) in [6.07, 6.45) is 1.77. The van der Waals surface area contributed by atoms with Crippen molar-refractivity contribution in [3.8, 4) is 0 Å². The molecule has 1 aromatic heterocycles. The second-order valence-electron chi connectivity index (χ2n) is 7.77. The number of aryl methyl sites for hydroxylation is 1. The Bertz CT molecular complexity index is 1110. The fraction of sp³-hybridized carbons (Fsp3) is 0.304. The summed E-state index contributed by atoms with van der Waals surface area (Å²) in [6, 6.07) is 15.0. The third kappa shape index (κ3) is 5.05. The zero-order chi connectivity index (χ0) is 22.7. The van der Waals surface area contributed by atoms with Crippen LogP contribution in [0.25, 0.3) is 0 Å². The maximum atomic E-state index is 13.1. The monoisotopic (exact) mass is 513 g/mol. The quantitative estimate of drug-likeness (QED) is 0.487. The third-order valence-corrected chi connectivity index (χ3v) is 6.99. The van der Waals surface area contributed by atoms with Crippen molar-refractivity contribution in [2.24, 2.45) is 7.05 Å². The standard InChI is InChI=1S/C23H24BrN5O2S/c1-15-5-7-16(8-6-15)22(31)29-13-3-4-19(29)21-26-27-23(28(21)2)32-14-20(30)25-18-11-9-17(24)10-12-18/h5-12,19H,3-4,13-14H2,1-2H3,(H,25,30). The van der Waals surface area contributed by atoms with Crippen molar-refractivity contribution in [1.29, 1.82) is 0 Å². The summed E-state index contributed by atoms with van der Waals surface area (Å²) in [7, 11) is 1.89. The smallest absolute Gasteiger partial charge is 0.254 e. The predicted octanol–water partition coefficient (Wildman–Crippen LogP) is 4.59. The Morgan fingerprint density at radius 1 is 1.12 bits per heavy atom. The molecule has 1 atom stereocenters. The van der Waals surface area contributed by atoms with Crippen LogP contribution < -0.4 is 5.32 Å². The van der Waals surface area contributed by atoms with E-state index in [1.54, 1.807) is 0 Å². The molecule has 1 aliphatic heterocycles. The number of carbonyl (C=O) groups excluding carboxylic acids is 2. The highest BCUT2D eigenvalue weighted by Gasteiger charge is 2.34. The van der Waals surface area contributed by atoms with Gasteiger partial charge in [0.25, 0.3) is 5.91 Å². The molecule has 2 amide bonds. The highest BCUT2D eigenvalue weighted by atomic mass is 79.9. The number of benzene rings is 2. The largest absolute Gasteiger partial charge is 0.328 e. The molecule has 2 aromatic carbocycles. The van der Waals surface area contributed by atoms with Crippen LogP contribution in [0.1, 0.15) is 40.6 Å². The average molecular weight is 514 g/mol. The molecule has 3 aromatic rings. The Hall–Kier alpha value is -2.65. The summed E-state index contributed by atoms with van der Waals surface area (Å²) in [4.78, 5) is 27.3. The van der Waals surface area contributed by atoms with Gasteiger partial charge in [-0.1, -0.05) is 45.4 Å². The average Bonchev–Trinajstić information content (AvgIpc) is 3.40. The minimum Gasteiger partial charge on any atom is -0.328 e. The number of nitrogens with zero attached hydrogens (tertiary/aromatic N) is 4. The fourth-order valence-electron chi connectivity index (χ4n) is 3.74. The molecule has 0 saturated carbocycles. The Kier molecular flexibility index (Phi) is 6.95. The van der Waals surface area contributed by atoms with Gasteiger partial charge in [-0.3, -0.25) is 9.59 Å². The second kappa shape index (κ2) is 9.87. The molecule has 4 rings (SSSR count). The van der Waals surface area contributed by atoms with Crippen LogP contribution in [0.3, 0.4) is 0 Å². The first-order valence-electron chi connectivity index (χ1n) is 10.4. The van der Waals surface area contributed by atoms with Crippen molar-refractivity contribution in [3.05, 3.63) is 70.0 Å². The van der Waals surface area contributed by atoms with Gasteiger partial charge < -0.3 is 14.8 Å². The molecule has 0 bridgehead atoms. The minimum atomic E-state index is -0.118. The molecule has 1 N–H and O–H groups in total. The minimum absolute atomic E-state index is 0.0126. The first-order valence-corrected chi connectivity index (χ1v) is 12.2. The first-order chi connectivity index (χ1) is 15.4. The number of thioether (sulfide) groups is 1. The van der Waals surface area contributed by atoms with Gasteiger partial charge in [-0.15, -0.1) is 10.2 Å². The molecular formula is C23H24BrN5O2S. The van der Waals surface area contributed by atoms with Crippen LogP contribution in [0.4, 0.5) is 5.69 Å². The van der Waals surface area contributed by atoms with Crippen molar-refractivity contribution in [2.75, 3.05) is 17.6 Å². The lowest BCUT2D eigenvalue weighted by Gasteiger charge is -2.24. The van der Waals surface area contributed by atoms with Crippen molar-refractivity contribution < 1.29 is 9.59 Å². The van der Waals surface area contributed by atoms with Gasteiger partial charge in [0.2, 0.25) is 5.91 Å². The highest BCUT2D eigenvalue weighted by Crippen LogP contribution is 2.33. The number of hydrogen-bond acceptors (Lipinski definition) is 5. The maximum Gasteiger partial charge on any atom is 0.254 e. The molecule has 1 fully saturated rings. The lowest BCUT2D eigenvalue weighted by molar-refractivity contribution is -0.113. The molecule has 166 valence electrons. The third-order valence-electron chi connectivity index (χ3n) is 5.44. The van der Waals surface area contributed by atoms with Crippen molar-refractivity contribution >= 4 is 45.2 Å². The molecule has 1 saturated heterocycles. The Balaban J connectivity index is 1.41. The van der Waals surface area contributed by atoms with E-state index in [1.165, 1.54) is 11.8 Å². The number of aromatic nitrogens is 3. The van der Waals surface area contributed by atoms with Crippen LogP contribution in [0.5, 0.6) is 0 Å². The SMILES string of the molecule is Cc1ccc(C(=O)N2CCCC2c2nnc(SCC(=O)Nc3ccc(Br)cc3)n2C)cc1. The Labute approximate surface area is 199 Å². The molecule has 9 heteroatoms. The first kappa shape index (κ1) is 22.5. The number of amides is 2. The van der Waals surface area contributed by atoms with Crippen LogP contribution in [-0.2, 0) is 11.8 Å². The van der Waals surface area contributed by atoms with E-state index < -0.39 is 0 Å². The highest BCUT2D eigenvalue weighted by molar-refractivity contribution is 9.10. The lowest BCUT2D eigenvalue weighted by atomic mass is 10.1. The molecule has 32 heavy (non-hydrogen) atoms. The van der Waals surface area contributed by atoms with Gasteiger partial charge in [0.05, 0.1) is 11.8 Å². The molecule has 0 spiro atoms. The number of hydrogen-bond donors (Lipinski definition) is 1. The van der Waals surface area contributed by atoms with E-state index in [-0.39, 0.29) is 23.6 Å². The van der Waals surface area contributed by atoms with Gasteiger partial charge in [0.15, 0.2) is 11.0 Å². The topological polar surface area (TPSA) is 80.1 Å². The van der Waals surface area contributed by atoms with Gasteiger partial charge in [-0.2, -0.15) is 0 Å². The molecule has 1 aliphatic rings. The molecular weight excluding hydrogens is 490 g/mol. The van der Waals surface area contributed by atoms with Gasteiger partial charge in [-0.05, 0) is 56.2 Å². The van der Waals surface area contributed by atoms with Crippen molar-refractivity contribution in [2.45, 2.75) is 31.0 Å². The Morgan fingerprint density at radius 3 is 2.56 bits per heavy atom. The molecule has 7 nitrogen and oxygen atoms in total. The summed E-state index contributed by atoms with van der Waals surface area (Å²) in [5, 5.41) is 12.2. The van der Waals surface area contributed by atoms with Crippen LogP contribution in [0.15, 0.2) is 58.2 Å². The molecule has 0 aliphatic carbocycles. The fourth-order valence-corrected chi connectivity index (χ4v) is 4.73. The summed E-state index contributed by atoms with van der Waals surface area (Å²) in [5.74, 6) is 0.870. The number of halogens is 1. The van der Waals surface area contributed by atoms with Crippen LogP contribution in [0, 0.1) is 6.92 Å². The number of rotatable bonds is 6.